The van der Waals surface area contributed by atoms with Gasteiger partial charge >= 0.3 is 0 Å². The molecule has 7 heteroatoms. The Labute approximate surface area is 128 Å². The minimum atomic E-state index is -3.60. The number of nitrogens with two attached hydrogens (primary N) is 1. The highest BCUT2D eigenvalue weighted by atomic mass is 79.9. The van der Waals surface area contributed by atoms with Crippen LogP contribution in [0.4, 0.5) is 0 Å². The molecule has 112 valence electrons. The topological polar surface area (TPSA) is 89.3 Å². The van der Waals surface area contributed by atoms with Crippen molar-refractivity contribution in [3.63, 3.8) is 0 Å². The van der Waals surface area contributed by atoms with Crippen LogP contribution in [-0.2, 0) is 14.8 Å². The standard InChI is InChI=1S/C13H19BrN2O3S/c1-4-16-20(18,19)11-7-9(5-6-10(11)14)12(8(2)3)13(15)17/h5-8,12,16H,4H2,1-3H3,(H2,15,17). The first kappa shape index (κ1) is 17.1. The molecule has 0 fully saturated rings. The van der Waals surface area contributed by atoms with Crippen LogP contribution in [0.1, 0.15) is 32.3 Å². The average Bonchev–Trinajstić information content (AvgIpc) is 2.30. The molecule has 5 nitrogen and oxygen atoms in total. The van der Waals surface area contributed by atoms with Gasteiger partial charge in [-0.05, 0) is 39.5 Å². The average molecular weight is 363 g/mol. The van der Waals surface area contributed by atoms with Crippen LogP contribution in [0.15, 0.2) is 27.6 Å². The van der Waals surface area contributed by atoms with Gasteiger partial charge in [0.15, 0.2) is 0 Å². The molecule has 0 aromatic heterocycles. The highest BCUT2D eigenvalue weighted by Crippen LogP contribution is 2.30. The molecule has 0 aliphatic heterocycles. The van der Waals surface area contributed by atoms with E-state index in [9.17, 15) is 13.2 Å². The largest absolute Gasteiger partial charge is 0.369 e. The van der Waals surface area contributed by atoms with E-state index in [1.165, 1.54) is 6.07 Å². The third kappa shape index (κ3) is 3.80. The van der Waals surface area contributed by atoms with Gasteiger partial charge in [0, 0.05) is 11.0 Å². The summed E-state index contributed by atoms with van der Waals surface area (Å²) < 4.78 is 27.1. The second-order valence-corrected chi connectivity index (χ2v) is 7.40. The van der Waals surface area contributed by atoms with E-state index in [0.717, 1.165) is 0 Å². The van der Waals surface area contributed by atoms with E-state index in [1.54, 1.807) is 19.1 Å². The zero-order chi connectivity index (χ0) is 15.5. The highest BCUT2D eigenvalue weighted by molar-refractivity contribution is 9.10. The second kappa shape index (κ2) is 6.69. The lowest BCUT2D eigenvalue weighted by Crippen LogP contribution is -2.27. The lowest BCUT2D eigenvalue weighted by Gasteiger charge is -2.19. The van der Waals surface area contributed by atoms with Gasteiger partial charge in [0.05, 0.1) is 10.8 Å². The first-order chi connectivity index (χ1) is 9.20. The molecule has 1 unspecified atom stereocenters. The predicted molar refractivity (Wildman–Crippen MR) is 81.8 cm³/mol. The van der Waals surface area contributed by atoms with Crippen molar-refractivity contribution in [1.29, 1.82) is 0 Å². The number of halogens is 1. The molecule has 0 saturated heterocycles. The quantitative estimate of drug-likeness (QED) is 0.810. The SMILES string of the molecule is CCNS(=O)(=O)c1cc(C(C(N)=O)C(C)C)ccc1Br. The molecular weight excluding hydrogens is 344 g/mol. The molecule has 1 aromatic carbocycles. The maximum atomic E-state index is 12.1. The van der Waals surface area contributed by atoms with Gasteiger partial charge in [-0.3, -0.25) is 4.79 Å². The van der Waals surface area contributed by atoms with E-state index >= 15 is 0 Å². The number of amides is 1. The van der Waals surface area contributed by atoms with Crippen molar-refractivity contribution in [2.75, 3.05) is 6.54 Å². The summed E-state index contributed by atoms with van der Waals surface area (Å²) >= 11 is 3.22. The molecule has 0 radical (unpaired) electrons. The number of rotatable bonds is 6. The van der Waals surface area contributed by atoms with Crippen molar-refractivity contribution in [3.8, 4) is 0 Å². The number of carbonyl (C=O) groups is 1. The van der Waals surface area contributed by atoms with Crippen molar-refractivity contribution < 1.29 is 13.2 Å². The molecule has 0 aliphatic rings. The second-order valence-electron chi connectivity index (χ2n) is 4.82. The van der Waals surface area contributed by atoms with Gasteiger partial charge in [0.25, 0.3) is 0 Å². The van der Waals surface area contributed by atoms with E-state index in [-0.39, 0.29) is 10.8 Å². The van der Waals surface area contributed by atoms with E-state index < -0.39 is 21.8 Å². The van der Waals surface area contributed by atoms with Crippen molar-refractivity contribution in [2.24, 2.45) is 11.7 Å². The maximum Gasteiger partial charge on any atom is 0.241 e. The summed E-state index contributed by atoms with van der Waals surface area (Å²) in [4.78, 5) is 11.7. The zero-order valence-electron chi connectivity index (χ0n) is 11.7. The molecule has 0 bridgehead atoms. The number of benzene rings is 1. The number of primary amides is 1. The lowest BCUT2D eigenvalue weighted by atomic mass is 9.88. The Morgan fingerprint density at radius 2 is 2.00 bits per heavy atom. The van der Waals surface area contributed by atoms with Crippen molar-refractivity contribution in [1.82, 2.24) is 4.72 Å². The zero-order valence-corrected chi connectivity index (χ0v) is 14.1. The predicted octanol–water partition coefficient (Wildman–Crippen LogP) is 1.97. The Bertz CT molecular complexity index is 600. The summed E-state index contributed by atoms with van der Waals surface area (Å²) in [5.41, 5.74) is 6.01. The lowest BCUT2D eigenvalue weighted by molar-refractivity contribution is -0.120. The molecule has 3 N–H and O–H groups in total. The fraction of sp³-hybridized carbons (Fsp3) is 0.462. The van der Waals surface area contributed by atoms with Crippen LogP contribution in [0.5, 0.6) is 0 Å². The first-order valence-corrected chi connectivity index (χ1v) is 8.56. The van der Waals surface area contributed by atoms with Crippen LogP contribution >= 0.6 is 15.9 Å². The van der Waals surface area contributed by atoms with Crippen LogP contribution in [0.25, 0.3) is 0 Å². The molecule has 1 aromatic rings. The molecule has 1 amide bonds. The fourth-order valence-electron chi connectivity index (χ4n) is 2.06. The van der Waals surface area contributed by atoms with Gasteiger partial charge in [-0.1, -0.05) is 26.8 Å². The molecular formula is C13H19BrN2O3S. The fourth-order valence-corrected chi connectivity index (χ4v) is 4.10. The van der Waals surface area contributed by atoms with Crippen molar-refractivity contribution in [3.05, 3.63) is 28.2 Å². The highest BCUT2D eigenvalue weighted by Gasteiger charge is 2.25. The van der Waals surface area contributed by atoms with Gasteiger partial charge in [-0.25, -0.2) is 13.1 Å². The number of hydrogen-bond acceptors (Lipinski definition) is 3. The van der Waals surface area contributed by atoms with E-state index in [4.69, 9.17) is 5.73 Å². The maximum absolute atomic E-state index is 12.1. The molecule has 0 aliphatic carbocycles. The minimum absolute atomic E-state index is 0.0108. The van der Waals surface area contributed by atoms with Crippen LogP contribution in [0.3, 0.4) is 0 Å². The van der Waals surface area contributed by atoms with E-state index in [1.807, 2.05) is 13.8 Å². The molecule has 1 atom stereocenters. The minimum Gasteiger partial charge on any atom is -0.369 e. The molecule has 0 heterocycles. The normalized spacial score (nSPS) is 13.4. The van der Waals surface area contributed by atoms with Gasteiger partial charge < -0.3 is 5.73 Å². The third-order valence-corrected chi connectivity index (χ3v) is 5.45. The number of carbonyl (C=O) groups excluding carboxylic acids is 1. The monoisotopic (exact) mass is 362 g/mol. The first-order valence-electron chi connectivity index (χ1n) is 6.29. The smallest absolute Gasteiger partial charge is 0.241 e. The summed E-state index contributed by atoms with van der Waals surface area (Å²) in [5, 5.41) is 0. The molecule has 0 spiro atoms. The molecule has 20 heavy (non-hydrogen) atoms. The van der Waals surface area contributed by atoms with Gasteiger partial charge in [-0.15, -0.1) is 0 Å². The summed E-state index contributed by atoms with van der Waals surface area (Å²) in [5.74, 6) is -0.990. The number of nitrogens with one attached hydrogen (secondary N) is 1. The van der Waals surface area contributed by atoms with Gasteiger partial charge in [0.2, 0.25) is 15.9 Å². The van der Waals surface area contributed by atoms with E-state index in [2.05, 4.69) is 20.7 Å². The van der Waals surface area contributed by atoms with Crippen molar-refractivity contribution in [2.45, 2.75) is 31.6 Å². The van der Waals surface area contributed by atoms with Crippen LogP contribution in [0, 0.1) is 5.92 Å². The summed E-state index contributed by atoms with van der Waals surface area (Å²) in [6.07, 6.45) is 0. The Kier molecular flexibility index (Phi) is 5.73. The van der Waals surface area contributed by atoms with Gasteiger partial charge in [-0.2, -0.15) is 0 Å². The van der Waals surface area contributed by atoms with Crippen LogP contribution in [-0.4, -0.2) is 20.9 Å². The number of hydrogen-bond donors (Lipinski definition) is 2. The third-order valence-electron chi connectivity index (χ3n) is 2.91. The summed E-state index contributed by atoms with van der Waals surface area (Å²) in [6.45, 7) is 5.74. The van der Waals surface area contributed by atoms with Gasteiger partial charge in [0.1, 0.15) is 0 Å². The van der Waals surface area contributed by atoms with Crippen molar-refractivity contribution >= 4 is 31.9 Å². The Morgan fingerprint density at radius 1 is 1.40 bits per heavy atom. The molecule has 1 rings (SSSR count). The van der Waals surface area contributed by atoms with Crippen LogP contribution < -0.4 is 10.5 Å². The summed E-state index contributed by atoms with van der Waals surface area (Å²) in [7, 11) is -3.60. The Balaban J connectivity index is 3.38. The van der Waals surface area contributed by atoms with E-state index in [0.29, 0.717) is 16.6 Å². The Morgan fingerprint density at radius 3 is 2.45 bits per heavy atom. The van der Waals surface area contributed by atoms with Crippen LogP contribution in [0.2, 0.25) is 0 Å². The summed E-state index contributed by atoms with van der Waals surface area (Å²) in [6, 6.07) is 4.83. The molecule has 0 saturated carbocycles. The number of sulfonamides is 1. The Hall–Kier alpha value is -0.920.